The summed E-state index contributed by atoms with van der Waals surface area (Å²) in [7, 11) is 1.70. The van der Waals surface area contributed by atoms with Crippen LogP contribution in [-0.4, -0.2) is 19.4 Å². The van der Waals surface area contributed by atoms with Gasteiger partial charge in [0.1, 0.15) is 11.5 Å². The Morgan fingerprint density at radius 3 is 2.50 bits per heavy atom. The molecule has 1 rings (SSSR count). The van der Waals surface area contributed by atoms with Gasteiger partial charge in [0.25, 0.3) is 0 Å². The highest BCUT2D eigenvalue weighted by Gasteiger charge is 2.11. The average molecular weight is 249 g/mol. The number of hydrogen-bond acceptors (Lipinski definition) is 3. The molecule has 1 aromatic rings. The summed E-state index contributed by atoms with van der Waals surface area (Å²) >= 11 is 0. The summed E-state index contributed by atoms with van der Waals surface area (Å²) < 4.78 is 5.49. The second kappa shape index (κ2) is 6.43. The predicted molar refractivity (Wildman–Crippen MR) is 75.6 cm³/mol. The van der Waals surface area contributed by atoms with Crippen LogP contribution in [-0.2, 0) is 4.79 Å². The van der Waals surface area contributed by atoms with Gasteiger partial charge < -0.3 is 14.8 Å². The summed E-state index contributed by atoms with van der Waals surface area (Å²) in [6.07, 6.45) is 1.48. The van der Waals surface area contributed by atoms with E-state index in [2.05, 4.69) is 32.2 Å². The Hall–Kier alpha value is -1.51. The molecule has 0 saturated heterocycles. The Labute approximate surface area is 110 Å². The highest BCUT2D eigenvalue weighted by atomic mass is 16.5. The molecule has 0 aliphatic rings. The summed E-state index contributed by atoms with van der Waals surface area (Å²) in [5, 5.41) is 3.38. The quantitative estimate of drug-likeness (QED) is 0.785. The van der Waals surface area contributed by atoms with E-state index >= 15 is 0 Å². The average Bonchev–Trinajstić information content (AvgIpc) is 2.30. The van der Waals surface area contributed by atoms with Crippen molar-refractivity contribution in [2.75, 3.05) is 19.0 Å². The lowest BCUT2D eigenvalue weighted by molar-refractivity contribution is -0.117. The Kier molecular flexibility index (Phi) is 5.20. The van der Waals surface area contributed by atoms with Gasteiger partial charge in [0, 0.05) is 13.0 Å². The third-order valence-corrected chi connectivity index (χ3v) is 3.20. The molecule has 1 aromatic carbocycles. The summed E-state index contributed by atoms with van der Waals surface area (Å²) in [6, 6.07) is 2.16. The van der Waals surface area contributed by atoms with Crippen molar-refractivity contribution in [2.24, 2.45) is 0 Å². The number of carbonyl (C=O) groups is 1. The monoisotopic (exact) mass is 249 g/mol. The minimum Gasteiger partial charge on any atom is -0.494 e. The van der Waals surface area contributed by atoms with Crippen molar-refractivity contribution in [3.05, 3.63) is 22.8 Å². The highest BCUT2D eigenvalue weighted by Crippen LogP contribution is 2.34. The van der Waals surface area contributed by atoms with Gasteiger partial charge in [0.15, 0.2) is 0 Å². The number of aryl methyl sites for hydroxylation is 2. The highest BCUT2D eigenvalue weighted by molar-refractivity contribution is 5.75. The number of hydrogen-bond donors (Lipinski definition) is 1. The summed E-state index contributed by atoms with van der Waals surface area (Å²) in [5.74, 6) is 1.15. The molecule has 3 heteroatoms. The first-order chi connectivity index (χ1) is 8.47. The number of anilines is 1. The molecule has 0 spiro atoms. The summed E-state index contributed by atoms with van der Waals surface area (Å²) in [5.41, 5.74) is 4.62. The Morgan fingerprint density at radius 1 is 1.28 bits per heavy atom. The van der Waals surface area contributed by atoms with Crippen LogP contribution in [0.1, 0.15) is 36.5 Å². The summed E-state index contributed by atoms with van der Waals surface area (Å²) in [4.78, 5) is 10.9. The van der Waals surface area contributed by atoms with E-state index < -0.39 is 0 Å². The molecule has 1 N–H and O–H groups in total. The van der Waals surface area contributed by atoms with Gasteiger partial charge >= 0.3 is 0 Å². The van der Waals surface area contributed by atoms with Gasteiger partial charge in [-0.05, 0) is 50.8 Å². The Morgan fingerprint density at radius 2 is 1.94 bits per heavy atom. The van der Waals surface area contributed by atoms with Gasteiger partial charge in [-0.2, -0.15) is 0 Å². The first-order valence-corrected chi connectivity index (χ1v) is 6.35. The van der Waals surface area contributed by atoms with E-state index in [9.17, 15) is 4.79 Å². The molecule has 0 saturated carbocycles. The molecule has 0 radical (unpaired) electrons. The van der Waals surface area contributed by atoms with Crippen molar-refractivity contribution in [2.45, 2.75) is 40.5 Å². The minimum absolute atomic E-state index is 0.237. The molecule has 3 nitrogen and oxygen atoms in total. The second-order valence-corrected chi connectivity index (χ2v) is 4.78. The maximum Gasteiger partial charge on any atom is 0.145 e. The minimum atomic E-state index is 0.237. The number of ether oxygens (including phenoxy) is 1. The molecular formula is C15H23NO2. The first kappa shape index (κ1) is 14.6. The fourth-order valence-electron chi connectivity index (χ4n) is 2.08. The molecule has 0 fully saturated rings. The van der Waals surface area contributed by atoms with Crippen LogP contribution in [0.25, 0.3) is 0 Å². The first-order valence-electron chi connectivity index (χ1n) is 6.35. The third-order valence-electron chi connectivity index (χ3n) is 3.20. The van der Waals surface area contributed by atoms with Crippen LogP contribution in [0.15, 0.2) is 6.07 Å². The lowest BCUT2D eigenvalue weighted by Crippen LogP contribution is -2.07. The van der Waals surface area contributed by atoms with Gasteiger partial charge in [0.2, 0.25) is 0 Å². The third kappa shape index (κ3) is 3.49. The van der Waals surface area contributed by atoms with Crippen LogP contribution in [0.4, 0.5) is 5.69 Å². The zero-order valence-electron chi connectivity index (χ0n) is 12.0. The second-order valence-electron chi connectivity index (χ2n) is 4.78. The van der Waals surface area contributed by atoms with Crippen molar-refractivity contribution in [3.63, 3.8) is 0 Å². The van der Waals surface area contributed by atoms with E-state index in [1.54, 1.807) is 14.0 Å². The maximum absolute atomic E-state index is 10.9. The number of benzene rings is 1. The van der Waals surface area contributed by atoms with Gasteiger partial charge in [-0.3, -0.25) is 0 Å². The molecule has 0 bridgehead atoms. The molecule has 0 heterocycles. The Balaban J connectivity index is 2.81. The molecule has 0 amide bonds. The number of methoxy groups -OCH3 is 1. The SMILES string of the molecule is COc1c(C)c(C)cc(C)c1NCCCC(C)=O. The van der Waals surface area contributed by atoms with E-state index in [0.717, 1.165) is 30.0 Å². The zero-order valence-corrected chi connectivity index (χ0v) is 12.0. The topological polar surface area (TPSA) is 38.3 Å². The van der Waals surface area contributed by atoms with Crippen LogP contribution in [0, 0.1) is 20.8 Å². The number of rotatable bonds is 6. The standard InChI is InChI=1S/C15H23NO2/c1-10-9-11(2)14(15(18-5)13(10)4)16-8-6-7-12(3)17/h9,16H,6-8H2,1-5H3. The van der Waals surface area contributed by atoms with Crippen LogP contribution in [0.5, 0.6) is 5.75 Å². The molecule has 100 valence electrons. The van der Waals surface area contributed by atoms with E-state index in [4.69, 9.17) is 4.74 Å². The number of Topliss-reactive ketones (excluding diaryl/α,β-unsaturated/α-hetero) is 1. The number of nitrogens with one attached hydrogen (secondary N) is 1. The Bertz CT molecular complexity index is 439. The largest absolute Gasteiger partial charge is 0.494 e. The lowest BCUT2D eigenvalue weighted by Gasteiger charge is -2.17. The van der Waals surface area contributed by atoms with Crippen LogP contribution < -0.4 is 10.1 Å². The van der Waals surface area contributed by atoms with Crippen molar-refractivity contribution >= 4 is 11.5 Å². The molecule has 0 atom stereocenters. The van der Waals surface area contributed by atoms with Crippen molar-refractivity contribution < 1.29 is 9.53 Å². The molecule has 0 aliphatic carbocycles. The van der Waals surface area contributed by atoms with Gasteiger partial charge in [-0.15, -0.1) is 0 Å². The molecule has 0 aromatic heterocycles. The number of ketones is 1. The van der Waals surface area contributed by atoms with Gasteiger partial charge in [-0.1, -0.05) is 6.07 Å². The lowest BCUT2D eigenvalue weighted by atomic mass is 10.0. The van der Waals surface area contributed by atoms with Crippen molar-refractivity contribution in [1.29, 1.82) is 0 Å². The van der Waals surface area contributed by atoms with Crippen LogP contribution in [0.3, 0.4) is 0 Å². The summed E-state index contributed by atoms with van der Waals surface area (Å²) in [6.45, 7) is 8.64. The normalized spacial score (nSPS) is 10.3. The van der Waals surface area contributed by atoms with Crippen LogP contribution in [0.2, 0.25) is 0 Å². The molecule has 0 unspecified atom stereocenters. The maximum atomic E-state index is 10.9. The fraction of sp³-hybridized carbons (Fsp3) is 0.533. The number of carbonyl (C=O) groups excluding carboxylic acids is 1. The molecule has 18 heavy (non-hydrogen) atoms. The smallest absolute Gasteiger partial charge is 0.145 e. The van der Waals surface area contributed by atoms with E-state index in [1.807, 2.05) is 0 Å². The molecular weight excluding hydrogens is 226 g/mol. The predicted octanol–water partition coefficient (Wildman–Crippen LogP) is 3.40. The van der Waals surface area contributed by atoms with Gasteiger partial charge in [-0.25, -0.2) is 0 Å². The van der Waals surface area contributed by atoms with Gasteiger partial charge in [0.05, 0.1) is 12.8 Å². The molecule has 0 aliphatic heterocycles. The fourth-order valence-corrected chi connectivity index (χ4v) is 2.08. The van der Waals surface area contributed by atoms with Crippen LogP contribution >= 0.6 is 0 Å². The van der Waals surface area contributed by atoms with E-state index in [0.29, 0.717) is 6.42 Å². The van der Waals surface area contributed by atoms with E-state index in [1.165, 1.54) is 11.1 Å². The zero-order chi connectivity index (χ0) is 13.7. The van der Waals surface area contributed by atoms with Crippen molar-refractivity contribution in [1.82, 2.24) is 0 Å². The van der Waals surface area contributed by atoms with E-state index in [-0.39, 0.29) is 5.78 Å². The van der Waals surface area contributed by atoms with Crippen molar-refractivity contribution in [3.8, 4) is 5.75 Å².